The van der Waals surface area contributed by atoms with E-state index in [0.29, 0.717) is 28.3 Å². The minimum Gasteiger partial charge on any atom is -0.311 e. The second-order valence-corrected chi connectivity index (χ2v) is 27.1. The molecule has 16 rings (SSSR count). The molecule has 91 heavy (non-hydrogen) atoms. The zero-order chi connectivity index (χ0) is 73.6. The summed E-state index contributed by atoms with van der Waals surface area (Å²) in [5.41, 5.74) is 15.4. The highest BCUT2D eigenvalue weighted by Gasteiger charge is 2.45. The Labute approximate surface area is 552 Å². The Morgan fingerprint density at radius 1 is 0.352 bits per heavy atom. The molecule has 0 saturated carbocycles. The molecule has 0 unspecified atom stereocenters. The number of hydrogen-bond donors (Lipinski definition) is 0. The summed E-state index contributed by atoms with van der Waals surface area (Å²) in [7, 11) is 0. The zero-order valence-electron chi connectivity index (χ0n) is 65.1. The molecule has 6 heteroatoms. The van der Waals surface area contributed by atoms with Crippen molar-refractivity contribution in [2.45, 2.75) is 78.6 Å². The lowest BCUT2D eigenvalue weighted by Gasteiger charge is -2.45. The van der Waals surface area contributed by atoms with Crippen molar-refractivity contribution >= 4 is 101 Å². The highest BCUT2D eigenvalue weighted by molar-refractivity contribution is 7.00. The van der Waals surface area contributed by atoms with E-state index in [1.807, 2.05) is 60.7 Å². The van der Waals surface area contributed by atoms with Crippen LogP contribution in [0.15, 0.2) is 261 Å². The second-order valence-electron chi connectivity index (χ2n) is 27.1. The van der Waals surface area contributed by atoms with E-state index in [4.69, 9.17) is 9.60 Å². The summed E-state index contributed by atoms with van der Waals surface area (Å²) < 4.78 is 123. The third-order valence-corrected chi connectivity index (χ3v) is 18.5. The number of hydrogen-bond acceptors (Lipinski definition) is 3. The Kier molecular flexibility index (Phi) is 9.83. The third-order valence-electron chi connectivity index (χ3n) is 18.5. The van der Waals surface area contributed by atoms with Gasteiger partial charge in [0.05, 0.1) is 56.9 Å². The monoisotopic (exact) mass is 1180 g/mol. The van der Waals surface area contributed by atoms with E-state index in [-0.39, 0.29) is 61.5 Å². The third kappa shape index (κ3) is 8.96. The van der Waals surface area contributed by atoms with Crippen molar-refractivity contribution < 1.29 is 17.8 Å². The molecule has 0 N–H and O–H groups in total. The van der Waals surface area contributed by atoms with Crippen LogP contribution in [0.5, 0.6) is 0 Å². The molecule has 0 saturated heterocycles. The van der Waals surface area contributed by atoms with Gasteiger partial charge in [0, 0.05) is 55.5 Å². The molecule has 0 amide bonds. The molecule has 438 valence electrons. The van der Waals surface area contributed by atoms with E-state index < -0.39 is 78.6 Å². The fourth-order valence-corrected chi connectivity index (χ4v) is 13.9. The Morgan fingerprint density at radius 3 is 1.46 bits per heavy atom. The number of para-hydroxylation sites is 2. The van der Waals surface area contributed by atoms with E-state index in [9.17, 15) is 13.5 Å². The van der Waals surface area contributed by atoms with Gasteiger partial charge >= 0.3 is 0 Å². The fraction of sp³-hybridized carbons (Fsp3) is 0.141. The number of nitrogens with zero attached hydrogens (tertiary/aromatic N) is 5. The molecule has 14 aromatic rings. The van der Waals surface area contributed by atoms with E-state index in [1.54, 1.807) is 12.1 Å². The van der Waals surface area contributed by atoms with Gasteiger partial charge in [0.2, 0.25) is 0 Å². The summed E-state index contributed by atoms with van der Waals surface area (Å²) in [6.45, 7) is 19.1. The lowest BCUT2D eigenvalue weighted by Crippen LogP contribution is -2.61. The minimum atomic E-state index is -0.613. The van der Waals surface area contributed by atoms with Gasteiger partial charge in [-0.2, -0.15) is 5.26 Å². The number of nitriles is 1. The summed E-state index contributed by atoms with van der Waals surface area (Å²) in [6.07, 6.45) is 0. The van der Waals surface area contributed by atoms with Gasteiger partial charge in [-0.1, -0.05) is 232 Å². The van der Waals surface area contributed by atoms with Crippen LogP contribution in [0.2, 0.25) is 0 Å². The fourth-order valence-electron chi connectivity index (χ4n) is 13.9. The molecule has 2 aliphatic heterocycles. The van der Waals surface area contributed by atoms with Gasteiger partial charge in [0.15, 0.2) is 0 Å². The lowest BCUT2D eigenvalue weighted by molar-refractivity contribution is 0.590. The average Bonchev–Trinajstić information content (AvgIpc) is 1.21. The average molecular weight is 1190 g/mol. The maximum Gasteiger partial charge on any atom is 0.252 e. The van der Waals surface area contributed by atoms with E-state index >= 15 is 0 Å². The van der Waals surface area contributed by atoms with Crippen LogP contribution in [-0.4, -0.2) is 15.8 Å². The molecular formula is C85H70BN5. The molecule has 2 aliphatic rings. The predicted molar refractivity (Wildman–Crippen MR) is 386 cm³/mol. The zero-order valence-corrected chi connectivity index (χ0v) is 52.1. The highest BCUT2D eigenvalue weighted by atomic mass is 15.2. The maximum atomic E-state index is 12.4. The maximum absolute atomic E-state index is 12.4. The first-order chi connectivity index (χ1) is 49.4. The van der Waals surface area contributed by atoms with Gasteiger partial charge in [0.1, 0.15) is 11.6 Å². The van der Waals surface area contributed by atoms with Crippen molar-refractivity contribution in [3.05, 3.63) is 283 Å². The molecule has 0 aliphatic carbocycles. The summed E-state index contributed by atoms with van der Waals surface area (Å²) in [4.78, 5) is 4.36. The van der Waals surface area contributed by atoms with Crippen molar-refractivity contribution in [1.29, 1.82) is 5.26 Å². The van der Waals surface area contributed by atoms with Crippen molar-refractivity contribution in [3.63, 3.8) is 0 Å². The van der Waals surface area contributed by atoms with Crippen LogP contribution >= 0.6 is 0 Å². The number of anilines is 6. The summed E-state index contributed by atoms with van der Waals surface area (Å²) >= 11 is 0. The van der Waals surface area contributed by atoms with Gasteiger partial charge in [-0.05, 0) is 168 Å². The first kappa shape index (κ1) is 43.1. The van der Waals surface area contributed by atoms with Crippen molar-refractivity contribution in [2.75, 3.05) is 9.80 Å². The van der Waals surface area contributed by atoms with Gasteiger partial charge < -0.3 is 18.9 Å². The topological polar surface area (TPSA) is 40.1 Å². The van der Waals surface area contributed by atoms with Crippen LogP contribution in [-0.2, 0) is 16.2 Å². The van der Waals surface area contributed by atoms with Crippen molar-refractivity contribution in [2.24, 2.45) is 0 Å². The molecule has 0 fully saturated rings. The van der Waals surface area contributed by atoms with Gasteiger partial charge in [-0.25, -0.2) is 0 Å². The van der Waals surface area contributed by atoms with Gasteiger partial charge in [0.25, 0.3) is 6.71 Å². The predicted octanol–water partition coefficient (Wildman–Crippen LogP) is 20.7. The van der Waals surface area contributed by atoms with Crippen molar-refractivity contribution in [1.82, 2.24) is 9.13 Å². The van der Waals surface area contributed by atoms with Crippen molar-refractivity contribution in [3.8, 4) is 50.8 Å². The quantitative estimate of drug-likeness (QED) is 0.149. The standard InChI is InChI=1S/C85H70BN5/c1-83(2,3)59-38-44-76-66(48-59)67-49-60(84(4,5)6)39-45-77(67)88(76)62-40-42-70-79(52-62)90(74-35-23-34-73(68(74)53-87)89-71-32-21-19-30-63(71)64-31-20-22-33-72(64)89)80-50-61(85(7,8)9)51-81-82(80)86(70)69-41-36-58(55-26-15-11-16-27-55)47-78(69)91(81)75-43-37-57(54-24-13-10-14-25-54)46-65(75)56-28-17-12-18-29-56/h10-52H,1-9H3/i11D,15D,16D,19D,20D,21D,22D,26D,27D,30D,31D,32D,33D. The summed E-state index contributed by atoms with van der Waals surface area (Å²) in [5.74, 6) is 0. The Bertz CT molecular complexity index is 5960. The van der Waals surface area contributed by atoms with Gasteiger partial charge in [-0.3, -0.25) is 0 Å². The van der Waals surface area contributed by atoms with Crippen LogP contribution < -0.4 is 26.2 Å². The Hall–Kier alpha value is -10.6. The van der Waals surface area contributed by atoms with E-state index in [0.717, 1.165) is 83.1 Å². The number of aromatic nitrogens is 2. The molecule has 0 bridgehead atoms. The lowest BCUT2D eigenvalue weighted by atomic mass is 9.33. The van der Waals surface area contributed by atoms with Gasteiger partial charge in [-0.15, -0.1) is 0 Å². The van der Waals surface area contributed by atoms with E-state index in [2.05, 4.69) is 192 Å². The summed E-state index contributed by atoms with van der Waals surface area (Å²) in [5, 5.41) is 14.3. The first-order valence-electron chi connectivity index (χ1n) is 37.4. The highest BCUT2D eigenvalue weighted by Crippen LogP contribution is 2.51. The molecule has 0 radical (unpaired) electrons. The Balaban J connectivity index is 1.07. The minimum absolute atomic E-state index is 0.0244. The number of fused-ring (bicyclic) bond motifs is 10. The SMILES string of the molecule is [2H]c1c([2H])c([2H])c(-c2ccc3c(c2)N(c2ccc(-c4ccccc4)cc2-c2ccccc2)c2cc(C(C)(C)C)cc4c2B3c2ccc(-n3c5ccc(C(C)(C)C)cc5c5cc(C(C)(C)C)ccc53)cc2N4c2cccc(-n3c4c([2H])c([2H])c([2H])c([2H])c4c4c([2H])c([2H])c([2H])c([2H])c43)c2C#N)c([2H])c1[2H]. The Morgan fingerprint density at radius 2 is 0.868 bits per heavy atom. The number of rotatable bonds is 7. The van der Waals surface area contributed by atoms with Crippen LogP contribution in [0.4, 0.5) is 34.1 Å². The molecule has 5 nitrogen and oxygen atoms in total. The molecule has 0 atom stereocenters. The van der Waals surface area contributed by atoms with Crippen LogP contribution in [0.25, 0.3) is 88.4 Å². The molecular weight excluding hydrogens is 1100 g/mol. The normalized spacial score (nSPS) is 15.0. The molecule has 0 spiro atoms. The molecule has 4 heterocycles. The number of benzene rings is 12. The van der Waals surface area contributed by atoms with Crippen LogP contribution in [0.3, 0.4) is 0 Å². The molecule has 2 aromatic heterocycles. The smallest absolute Gasteiger partial charge is 0.252 e. The largest absolute Gasteiger partial charge is 0.311 e. The van der Waals surface area contributed by atoms with Crippen LogP contribution in [0, 0.1) is 11.3 Å². The van der Waals surface area contributed by atoms with Crippen LogP contribution in [0.1, 0.15) is 102 Å². The molecule has 12 aromatic carbocycles. The first-order valence-corrected chi connectivity index (χ1v) is 30.9. The van der Waals surface area contributed by atoms with E-state index in [1.165, 1.54) is 15.7 Å². The summed E-state index contributed by atoms with van der Waals surface area (Å²) in [6, 6.07) is 58.2. The second kappa shape index (κ2) is 20.7.